The lowest BCUT2D eigenvalue weighted by atomic mass is 10.1. The number of aryl methyl sites for hydroxylation is 1. The SMILES string of the molecule is Cc1ccc(C(=O)NN2C(=O)/C(=C\c3cc(Br)c(OCc4ccc(Cl)cc4Cl)c(Br)c3)SC2=S)c(Cl)c1. The minimum Gasteiger partial charge on any atom is -0.486 e. The van der Waals surface area contributed by atoms with E-state index in [0.29, 0.717) is 35.2 Å². The number of hydrogen-bond donors (Lipinski definition) is 1. The lowest BCUT2D eigenvalue weighted by molar-refractivity contribution is -0.123. The molecule has 190 valence electrons. The van der Waals surface area contributed by atoms with Gasteiger partial charge in [0.1, 0.15) is 12.4 Å². The molecule has 0 bridgehead atoms. The number of rotatable bonds is 6. The average Bonchev–Trinajstić information content (AvgIpc) is 3.06. The Hall–Kier alpha value is -1.59. The van der Waals surface area contributed by atoms with Crippen molar-refractivity contribution in [3.05, 3.63) is 99.7 Å². The number of carbonyl (C=O) groups excluding carboxylic acids is 2. The van der Waals surface area contributed by atoms with Gasteiger partial charge in [0.05, 0.1) is 24.4 Å². The molecule has 0 unspecified atom stereocenters. The molecule has 12 heteroatoms. The van der Waals surface area contributed by atoms with E-state index in [1.807, 2.05) is 6.92 Å². The van der Waals surface area contributed by atoms with Crippen LogP contribution in [-0.2, 0) is 11.4 Å². The average molecular weight is 722 g/mol. The summed E-state index contributed by atoms with van der Waals surface area (Å²) in [5.41, 5.74) is 5.20. The number of hydrazine groups is 1. The molecular formula is C25H15Br2Cl3N2O3S2. The topological polar surface area (TPSA) is 58.6 Å². The van der Waals surface area contributed by atoms with Crippen LogP contribution in [0.4, 0.5) is 0 Å². The summed E-state index contributed by atoms with van der Waals surface area (Å²) < 4.78 is 7.48. The lowest BCUT2D eigenvalue weighted by Gasteiger charge is -2.16. The van der Waals surface area contributed by atoms with E-state index in [-0.39, 0.29) is 21.5 Å². The third-order valence-electron chi connectivity index (χ3n) is 5.08. The second-order valence-corrected chi connectivity index (χ2v) is 12.4. The van der Waals surface area contributed by atoms with Gasteiger partial charge in [0.15, 0.2) is 4.32 Å². The highest BCUT2D eigenvalue weighted by molar-refractivity contribution is 9.11. The first-order chi connectivity index (χ1) is 17.5. The first kappa shape index (κ1) is 28.4. The number of nitrogens with zero attached hydrogens (tertiary/aromatic N) is 1. The standard InChI is InChI=1S/C25H15Br2Cl3N2O3S2/c1-12-2-5-16(20(30)6-12)23(33)31-32-24(34)21(37-25(32)36)9-13-7-17(26)22(18(27)8-13)35-11-14-3-4-15(28)10-19(14)29/h2-10H,11H2,1H3,(H,31,33)/b21-9+. The fraction of sp³-hybridized carbons (Fsp3) is 0.0800. The fourth-order valence-corrected chi connectivity index (χ4v) is 6.69. The van der Waals surface area contributed by atoms with Crippen LogP contribution in [0, 0.1) is 6.92 Å². The van der Waals surface area contributed by atoms with Crippen molar-refractivity contribution in [2.24, 2.45) is 0 Å². The van der Waals surface area contributed by atoms with Crippen LogP contribution in [0.2, 0.25) is 15.1 Å². The molecular weight excluding hydrogens is 707 g/mol. The van der Waals surface area contributed by atoms with E-state index in [0.717, 1.165) is 27.9 Å². The quantitative estimate of drug-likeness (QED) is 0.204. The van der Waals surface area contributed by atoms with E-state index in [9.17, 15) is 9.59 Å². The van der Waals surface area contributed by atoms with Crippen LogP contribution in [0.25, 0.3) is 6.08 Å². The van der Waals surface area contributed by atoms with Gasteiger partial charge in [0.2, 0.25) is 0 Å². The molecule has 1 aliphatic heterocycles. The van der Waals surface area contributed by atoms with Gasteiger partial charge in [0, 0.05) is 15.6 Å². The molecule has 0 radical (unpaired) electrons. The van der Waals surface area contributed by atoms with E-state index in [4.69, 9.17) is 51.8 Å². The van der Waals surface area contributed by atoms with Gasteiger partial charge in [0.25, 0.3) is 11.8 Å². The van der Waals surface area contributed by atoms with Crippen LogP contribution >= 0.6 is 90.6 Å². The number of thioether (sulfide) groups is 1. The van der Waals surface area contributed by atoms with Crippen molar-refractivity contribution in [1.82, 2.24) is 10.4 Å². The zero-order valence-corrected chi connectivity index (χ0v) is 25.9. The summed E-state index contributed by atoms with van der Waals surface area (Å²) in [6, 6.07) is 13.8. The van der Waals surface area contributed by atoms with Gasteiger partial charge in [-0.05, 0) is 105 Å². The van der Waals surface area contributed by atoms with Gasteiger partial charge >= 0.3 is 0 Å². The Balaban J connectivity index is 1.49. The Kier molecular flexibility index (Phi) is 9.27. The molecule has 1 heterocycles. The number of hydrogen-bond acceptors (Lipinski definition) is 5. The largest absolute Gasteiger partial charge is 0.486 e. The van der Waals surface area contributed by atoms with Gasteiger partial charge in [-0.1, -0.05) is 58.7 Å². The monoisotopic (exact) mass is 718 g/mol. The predicted molar refractivity (Wildman–Crippen MR) is 161 cm³/mol. The summed E-state index contributed by atoms with van der Waals surface area (Å²) in [6.07, 6.45) is 1.68. The van der Waals surface area contributed by atoms with E-state index in [2.05, 4.69) is 37.3 Å². The van der Waals surface area contributed by atoms with Crippen LogP contribution in [-0.4, -0.2) is 21.1 Å². The molecule has 2 amide bonds. The maximum atomic E-state index is 13.0. The maximum absolute atomic E-state index is 13.0. The van der Waals surface area contributed by atoms with Crippen molar-refractivity contribution >= 4 is 113 Å². The van der Waals surface area contributed by atoms with Crippen molar-refractivity contribution in [3.63, 3.8) is 0 Å². The highest BCUT2D eigenvalue weighted by Crippen LogP contribution is 2.38. The number of nitrogens with one attached hydrogen (secondary N) is 1. The number of amides is 2. The summed E-state index contributed by atoms with van der Waals surface area (Å²) in [5.74, 6) is -0.412. The van der Waals surface area contributed by atoms with Crippen molar-refractivity contribution in [3.8, 4) is 5.75 Å². The number of halogens is 5. The fourth-order valence-electron chi connectivity index (χ4n) is 3.27. The Labute approximate surface area is 254 Å². The van der Waals surface area contributed by atoms with Gasteiger partial charge in [-0.3, -0.25) is 15.0 Å². The number of ether oxygens (including phenoxy) is 1. The molecule has 0 atom stereocenters. The molecule has 5 nitrogen and oxygen atoms in total. The highest BCUT2D eigenvalue weighted by Gasteiger charge is 2.34. The predicted octanol–water partition coefficient (Wildman–Crippen LogP) is 8.61. The highest BCUT2D eigenvalue weighted by atomic mass is 79.9. The van der Waals surface area contributed by atoms with E-state index >= 15 is 0 Å². The zero-order valence-electron chi connectivity index (χ0n) is 18.8. The summed E-state index contributed by atoms with van der Waals surface area (Å²) >= 11 is 31.8. The number of carbonyl (C=O) groups is 2. The summed E-state index contributed by atoms with van der Waals surface area (Å²) in [5, 5.41) is 2.38. The van der Waals surface area contributed by atoms with Crippen LogP contribution in [0.3, 0.4) is 0 Å². The Morgan fingerprint density at radius 2 is 1.78 bits per heavy atom. The third-order valence-corrected chi connectivity index (χ3v) is 8.46. The van der Waals surface area contributed by atoms with Crippen molar-refractivity contribution in [2.75, 3.05) is 0 Å². The summed E-state index contributed by atoms with van der Waals surface area (Å²) in [7, 11) is 0. The number of benzene rings is 3. The molecule has 1 saturated heterocycles. The van der Waals surface area contributed by atoms with E-state index < -0.39 is 11.8 Å². The van der Waals surface area contributed by atoms with Crippen molar-refractivity contribution in [1.29, 1.82) is 0 Å². The molecule has 1 aliphatic rings. The van der Waals surface area contributed by atoms with Crippen LogP contribution in [0.1, 0.15) is 27.0 Å². The smallest absolute Gasteiger partial charge is 0.285 e. The first-order valence-electron chi connectivity index (χ1n) is 10.4. The minimum absolute atomic E-state index is 0.200. The van der Waals surface area contributed by atoms with Gasteiger partial charge < -0.3 is 4.74 Å². The Morgan fingerprint density at radius 1 is 1.08 bits per heavy atom. The molecule has 0 aliphatic carbocycles. The molecule has 4 rings (SSSR count). The normalized spacial score (nSPS) is 14.4. The van der Waals surface area contributed by atoms with E-state index in [1.54, 1.807) is 54.6 Å². The van der Waals surface area contributed by atoms with Gasteiger partial charge in [-0.25, -0.2) is 0 Å². The summed E-state index contributed by atoms with van der Waals surface area (Å²) in [6.45, 7) is 2.10. The molecule has 0 spiro atoms. The number of thiocarbonyl (C=S) groups is 1. The Morgan fingerprint density at radius 3 is 2.43 bits per heavy atom. The molecule has 1 fully saturated rings. The molecule has 1 N–H and O–H groups in total. The Bertz CT molecular complexity index is 1460. The first-order valence-corrected chi connectivity index (χ1v) is 14.4. The van der Waals surface area contributed by atoms with Crippen LogP contribution in [0.15, 0.2) is 62.4 Å². The maximum Gasteiger partial charge on any atom is 0.285 e. The van der Waals surface area contributed by atoms with E-state index in [1.165, 1.54) is 0 Å². The summed E-state index contributed by atoms with van der Waals surface area (Å²) in [4.78, 5) is 26.1. The molecule has 3 aromatic carbocycles. The molecule has 3 aromatic rings. The van der Waals surface area contributed by atoms with Crippen molar-refractivity contribution in [2.45, 2.75) is 13.5 Å². The van der Waals surface area contributed by atoms with Crippen molar-refractivity contribution < 1.29 is 14.3 Å². The third kappa shape index (κ3) is 6.71. The second-order valence-electron chi connectivity index (χ2n) is 7.78. The molecule has 0 aromatic heterocycles. The molecule has 0 saturated carbocycles. The van der Waals surface area contributed by atoms with Crippen LogP contribution in [0.5, 0.6) is 5.75 Å². The lowest BCUT2D eigenvalue weighted by Crippen LogP contribution is -2.44. The minimum atomic E-state index is -0.532. The molecule has 37 heavy (non-hydrogen) atoms. The van der Waals surface area contributed by atoms with Gasteiger partial charge in [-0.15, -0.1) is 0 Å². The zero-order chi connectivity index (χ0) is 26.9. The van der Waals surface area contributed by atoms with Gasteiger partial charge in [-0.2, -0.15) is 5.01 Å². The van der Waals surface area contributed by atoms with Crippen LogP contribution < -0.4 is 10.2 Å². The second kappa shape index (κ2) is 12.1.